The van der Waals surface area contributed by atoms with Crippen molar-refractivity contribution in [2.24, 2.45) is 11.8 Å². The van der Waals surface area contributed by atoms with Gasteiger partial charge in [0.15, 0.2) is 0 Å². The van der Waals surface area contributed by atoms with Crippen LogP contribution in [-0.4, -0.2) is 83.2 Å². The highest BCUT2D eigenvalue weighted by Crippen LogP contribution is 2.66. The average molecular weight is 584 g/mol. The molecule has 1 N–H and O–H groups in total. The van der Waals surface area contributed by atoms with Crippen LogP contribution in [0.4, 0.5) is 11.4 Å². The van der Waals surface area contributed by atoms with Crippen molar-refractivity contribution in [1.82, 2.24) is 4.90 Å². The molecule has 0 saturated carbocycles. The Morgan fingerprint density at radius 1 is 1.12 bits per heavy atom. The van der Waals surface area contributed by atoms with Crippen molar-refractivity contribution in [1.29, 1.82) is 0 Å². The van der Waals surface area contributed by atoms with E-state index in [-0.39, 0.29) is 29.6 Å². The number of nitrogens with zero attached hydrogens (tertiary/aromatic N) is 3. The number of hydrogen-bond donors (Lipinski definition) is 1. The molecule has 1 aromatic rings. The maximum absolute atomic E-state index is 14.6. The number of hydrogen-bond acceptors (Lipinski definition) is 7. The van der Waals surface area contributed by atoms with E-state index in [9.17, 15) is 19.5 Å². The van der Waals surface area contributed by atoms with E-state index in [1.165, 1.54) is 0 Å². The standard InChI is InChI=1S/C32H45N3O5S/c1-5-9-12-22-40-31(39)26-25-17-18-32(41-25)27(26)29(37)35(20-10-11-21-36)28(32)30(38)34(19-6-2)24-15-13-23(14-16-24)33(7-3)8-4/h5-6,13-16,25-28,36H,1-2,7-12,17-22H2,3-4H3/t25-,26+,27-,28?,32?/m0/s1. The van der Waals surface area contributed by atoms with Crippen LogP contribution in [0, 0.1) is 11.8 Å². The Hall–Kier alpha value is -2.78. The monoisotopic (exact) mass is 583 g/mol. The normalized spacial score (nSPS) is 26.1. The first-order valence-electron chi connectivity index (χ1n) is 15.0. The minimum absolute atomic E-state index is 0.0210. The summed E-state index contributed by atoms with van der Waals surface area (Å²) in [7, 11) is 0. The second-order valence-corrected chi connectivity index (χ2v) is 12.6. The Balaban J connectivity index is 1.66. The molecule has 2 unspecified atom stereocenters. The van der Waals surface area contributed by atoms with Crippen LogP contribution in [0.25, 0.3) is 0 Å². The molecule has 2 amide bonds. The molecule has 41 heavy (non-hydrogen) atoms. The largest absolute Gasteiger partial charge is 0.465 e. The van der Waals surface area contributed by atoms with Gasteiger partial charge in [-0.25, -0.2) is 0 Å². The first-order chi connectivity index (χ1) is 19.9. The van der Waals surface area contributed by atoms with Crippen LogP contribution in [0.3, 0.4) is 0 Å². The second-order valence-electron chi connectivity index (χ2n) is 11.0. The number of ether oxygens (including phenoxy) is 1. The number of anilines is 2. The number of fused-ring (bicyclic) bond motifs is 1. The number of amides is 2. The maximum atomic E-state index is 14.6. The summed E-state index contributed by atoms with van der Waals surface area (Å²) in [5.41, 5.74) is 1.84. The first kappa shape index (κ1) is 31.2. The molecule has 0 aromatic heterocycles. The van der Waals surface area contributed by atoms with Gasteiger partial charge in [-0.1, -0.05) is 12.2 Å². The fourth-order valence-corrected chi connectivity index (χ4v) is 9.06. The summed E-state index contributed by atoms with van der Waals surface area (Å²) in [5.74, 6) is -1.75. The van der Waals surface area contributed by atoms with Gasteiger partial charge in [-0.15, -0.1) is 24.9 Å². The van der Waals surface area contributed by atoms with Gasteiger partial charge in [-0.3, -0.25) is 14.4 Å². The molecule has 224 valence electrons. The molecule has 1 spiro atoms. The SMILES string of the molecule is C=CCCCOC(=O)[C@@H]1[C@@H]2CCC3(S2)C(C(=O)N(CC=C)c2ccc(N(CC)CC)cc2)N(CCCCO)C(=O)[C@H]13. The van der Waals surface area contributed by atoms with Gasteiger partial charge in [0.25, 0.3) is 5.91 Å². The lowest BCUT2D eigenvalue weighted by Crippen LogP contribution is -2.55. The zero-order valence-corrected chi connectivity index (χ0v) is 25.3. The molecule has 3 aliphatic heterocycles. The molecule has 2 bridgehead atoms. The van der Waals surface area contributed by atoms with Crippen LogP contribution in [0.2, 0.25) is 0 Å². The number of carbonyl (C=O) groups is 3. The third-order valence-corrected chi connectivity index (χ3v) is 10.7. The smallest absolute Gasteiger partial charge is 0.310 e. The Morgan fingerprint density at radius 2 is 1.83 bits per heavy atom. The molecule has 4 rings (SSSR count). The molecule has 3 aliphatic rings. The van der Waals surface area contributed by atoms with Crippen molar-refractivity contribution in [2.75, 3.05) is 49.2 Å². The van der Waals surface area contributed by atoms with Crippen molar-refractivity contribution < 1.29 is 24.2 Å². The zero-order valence-electron chi connectivity index (χ0n) is 24.5. The highest BCUT2D eigenvalue weighted by molar-refractivity contribution is 8.02. The highest BCUT2D eigenvalue weighted by atomic mass is 32.2. The fraction of sp³-hybridized carbons (Fsp3) is 0.594. The number of carbonyl (C=O) groups excluding carboxylic acids is 3. The van der Waals surface area contributed by atoms with Crippen molar-refractivity contribution in [3.63, 3.8) is 0 Å². The van der Waals surface area contributed by atoms with Gasteiger partial charge >= 0.3 is 5.97 Å². The minimum Gasteiger partial charge on any atom is -0.465 e. The number of likely N-dealkylation sites (tertiary alicyclic amines) is 1. The Labute approximate surface area is 248 Å². The average Bonchev–Trinajstić information content (AvgIpc) is 3.62. The zero-order chi connectivity index (χ0) is 29.6. The quantitative estimate of drug-likeness (QED) is 0.175. The number of unbranched alkanes of at least 4 members (excludes halogenated alkanes) is 2. The van der Waals surface area contributed by atoms with Crippen LogP contribution in [0.15, 0.2) is 49.6 Å². The van der Waals surface area contributed by atoms with E-state index in [1.807, 2.05) is 24.3 Å². The van der Waals surface area contributed by atoms with Crippen LogP contribution in [0.1, 0.15) is 52.4 Å². The van der Waals surface area contributed by atoms with Gasteiger partial charge in [-0.05, 0) is 76.6 Å². The molecule has 3 heterocycles. The fourth-order valence-electron chi connectivity index (χ4n) is 6.86. The molecule has 0 aliphatic carbocycles. The molecule has 3 fully saturated rings. The van der Waals surface area contributed by atoms with Crippen LogP contribution >= 0.6 is 11.8 Å². The Morgan fingerprint density at radius 3 is 2.46 bits per heavy atom. The van der Waals surface area contributed by atoms with Gasteiger partial charge in [0.2, 0.25) is 5.91 Å². The molecule has 0 radical (unpaired) electrons. The lowest BCUT2D eigenvalue weighted by molar-refractivity contribution is -0.154. The van der Waals surface area contributed by atoms with Crippen molar-refractivity contribution in [3.8, 4) is 0 Å². The predicted octanol–water partition coefficient (Wildman–Crippen LogP) is 4.42. The summed E-state index contributed by atoms with van der Waals surface area (Å²) in [6.07, 6.45) is 7.55. The summed E-state index contributed by atoms with van der Waals surface area (Å²) in [6, 6.07) is 7.27. The van der Waals surface area contributed by atoms with Crippen molar-refractivity contribution in [2.45, 2.75) is 68.4 Å². The molecule has 1 aromatic carbocycles. The van der Waals surface area contributed by atoms with E-state index in [1.54, 1.807) is 33.7 Å². The number of thioether (sulfide) groups is 1. The lowest BCUT2D eigenvalue weighted by Gasteiger charge is -2.37. The summed E-state index contributed by atoms with van der Waals surface area (Å²) < 4.78 is 4.97. The van der Waals surface area contributed by atoms with Crippen molar-refractivity contribution in [3.05, 3.63) is 49.6 Å². The highest BCUT2D eigenvalue weighted by Gasteiger charge is 2.74. The van der Waals surface area contributed by atoms with E-state index in [0.717, 1.165) is 37.3 Å². The number of rotatable bonds is 16. The van der Waals surface area contributed by atoms with E-state index in [4.69, 9.17) is 4.74 Å². The Kier molecular flexibility index (Phi) is 10.6. The number of aliphatic hydroxyl groups excluding tert-OH is 1. The lowest BCUT2D eigenvalue weighted by atomic mass is 9.71. The number of allylic oxidation sites excluding steroid dienone is 1. The maximum Gasteiger partial charge on any atom is 0.310 e. The van der Waals surface area contributed by atoms with Gasteiger partial charge in [0.1, 0.15) is 6.04 Å². The van der Waals surface area contributed by atoms with E-state index >= 15 is 0 Å². The molecule has 9 heteroatoms. The summed E-state index contributed by atoms with van der Waals surface area (Å²) in [4.78, 5) is 47.7. The van der Waals surface area contributed by atoms with E-state index in [2.05, 4.69) is 31.9 Å². The van der Waals surface area contributed by atoms with Crippen molar-refractivity contribution >= 4 is 40.9 Å². The van der Waals surface area contributed by atoms with Gasteiger partial charge in [-0.2, -0.15) is 0 Å². The molecular weight excluding hydrogens is 538 g/mol. The summed E-state index contributed by atoms with van der Waals surface area (Å²) >= 11 is 1.65. The topological polar surface area (TPSA) is 90.4 Å². The number of esters is 1. The molecule has 3 saturated heterocycles. The number of benzene rings is 1. The predicted molar refractivity (Wildman–Crippen MR) is 165 cm³/mol. The second kappa shape index (κ2) is 13.9. The third-order valence-electron chi connectivity index (χ3n) is 8.78. The van der Waals surface area contributed by atoms with Crippen LogP contribution < -0.4 is 9.80 Å². The molecular formula is C32H45N3O5S. The number of aliphatic hydroxyl groups is 1. The van der Waals surface area contributed by atoms with Gasteiger partial charge in [0, 0.05) is 49.4 Å². The van der Waals surface area contributed by atoms with Crippen LogP contribution in [-0.2, 0) is 19.1 Å². The first-order valence-corrected chi connectivity index (χ1v) is 15.9. The van der Waals surface area contributed by atoms with E-state index in [0.29, 0.717) is 45.4 Å². The van der Waals surface area contributed by atoms with Crippen LogP contribution in [0.5, 0.6) is 0 Å². The van der Waals surface area contributed by atoms with Gasteiger partial charge in [0.05, 0.1) is 23.2 Å². The van der Waals surface area contributed by atoms with E-state index < -0.39 is 22.6 Å². The third kappa shape index (κ3) is 5.93. The molecule has 8 nitrogen and oxygen atoms in total. The van der Waals surface area contributed by atoms with Gasteiger partial charge < -0.3 is 24.5 Å². The molecule has 5 atom stereocenters. The summed E-state index contributed by atoms with van der Waals surface area (Å²) in [6.45, 7) is 14.6. The Bertz CT molecular complexity index is 1110. The minimum atomic E-state index is -0.699. The summed E-state index contributed by atoms with van der Waals surface area (Å²) in [5, 5.41) is 9.39.